The largest absolute Gasteiger partial charge is 0.383 e. The molecule has 6 heteroatoms. The number of ether oxygens (including phenoxy) is 1. The third-order valence-electron chi connectivity index (χ3n) is 6.91. The number of carbonyl (C=O) groups is 2. The highest BCUT2D eigenvalue weighted by Crippen LogP contribution is 2.65. The number of hydrogen-bond acceptors (Lipinski definition) is 4. The number of hydrogen-bond donors (Lipinski definition) is 0. The molecule has 0 unspecified atom stereocenters. The van der Waals surface area contributed by atoms with Crippen LogP contribution >= 0.6 is 11.3 Å². The van der Waals surface area contributed by atoms with Gasteiger partial charge in [-0.2, -0.15) is 4.99 Å². The van der Waals surface area contributed by atoms with Crippen LogP contribution in [-0.2, 0) is 20.9 Å². The second-order valence-corrected chi connectivity index (χ2v) is 9.34. The molecule has 3 atom stereocenters. The van der Waals surface area contributed by atoms with E-state index in [9.17, 15) is 9.59 Å². The van der Waals surface area contributed by atoms with Crippen LogP contribution in [0.5, 0.6) is 0 Å². The van der Waals surface area contributed by atoms with E-state index in [2.05, 4.69) is 18.8 Å². The molecule has 1 aromatic heterocycles. The number of ketones is 1. The number of aromatic nitrogens is 1. The molecule has 138 valence electrons. The van der Waals surface area contributed by atoms with Crippen molar-refractivity contribution in [1.82, 2.24) is 4.57 Å². The number of Topliss-reactive ketones (excluding diaryl/α,β-unsaturated/α-hetero) is 1. The maximum atomic E-state index is 13.0. The van der Waals surface area contributed by atoms with Crippen LogP contribution in [0.15, 0.2) is 4.99 Å². The van der Waals surface area contributed by atoms with Crippen molar-refractivity contribution in [2.45, 2.75) is 54.0 Å². The topological polar surface area (TPSA) is 60.7 Å². The van der Waals surface area contributed by atoms with Gasteiger partial charge in [-0.3, -0.25) is 9.59 Å². The fraction of sp³-hybridized carbons (Fsp3) is 0.737. The van der Waals surface area contributed by atoms with E-state index in [-0.39, 0.29) is 28.4 Å². The van der Waals surface area contributed by atoms with Crippen LogP contribution in [0.25, 0.3) is 0 Å². The van der Waals surface area contributed by atoms with Gasteiger partial charge in [-0.15, -0.1) is 11.3 Å². The fourth-order valence-corrected chi connectivity index (χ4v) is 5.67. The Morgan fingerprint density at radius 2 is 2.04 bits per heavy atom. The van der Waals surface area contributed by atoms with Gasteiger partial charge in [0.25, 0.3) is 5.91 Å². The molecule has 0 aromatic carbocycles. The number of methoxy groups -OCH3 is 1. The number of rotatable bonds is 4. The van der Waals surface area contributed by atoms with Crippen molar-refractivity contribution >= 4 is 23.0 Å². The van der Waals surface area contributed by atoms with Gasteiger partial charge in [-0.25, -0.2) is 0 Å². The first-order chi connectivity index (χ1) is 11.6. The highest BCUT2D eigenvalue weighted by Gasteiger charge is 2.67. The van der Waals surface area contributed by atoms with Crippen LogP contribution in [0.3, 0.4) is 0 Å². The highest BCUT2D eigenvalue weighted by molar-refractivity contribution is 7.09. The molecular weight excluding hydrogens is 336 g/mol. The number of amides is 1. The minimum atomic E-state index is -0.577. The van der Waals surface area contributed by atoms with Gasteiger partial charge in [0.2, 0.25) is 0 Å². The number of nitrogens with zero attached hydrogens (tertiary/aromatic N) is 2. The molecule has 2 aliphatic carbocycles. The second kappa shape index (κ2) is 6.16. The zero-order valence-electron chi connectivity index (χ0n) is 16.0. The number of aryl methyl sites for hydroxylation is 1. The summed E-state index contributed by atoms with van der Waals surface area (Å²) in [5, 5.41) is 0. The smallest absolute Gasteiger partial charge is 0.259 e. The van der Waals surface area contributed by atoms with E-state index in [1.807, 2.05) is 25.3 Å². The molecule has 1 amide bonds. The molecular formula is C19H28N2O3S. The third-order valence-corrected chi connectivity index (χ3v) is 8.01. The lowest BCUT2D eigenvalue weighted by Crippen LogP contribution is -2.35. The van der Waals surface area contributed by atoms with Crippen molar-refractivity contribution in [3.8, 4) is 0 Å². The maximum absolute atomic E-state index is 13.0. The zero-order chi connectivity index (χ0) is 18.6. The van der Waals surface area contributed by atoms with Gasteiger partial charge in [0, 0.05) is 29.6 Å². The number of carbonyl (C=O) groups excluding carboxylic acids is 2. The first-order valence-electron chi connectivity index (χ1n) is 8.94. The van der Waals surface area contributed by atoms with Crippen molar-refractivity contribution < 1.29 is 14.3 Å². The van der Waals surface area contributed by atoms with Crippen LogP contribution in [0.2, 0.25) is 0 Å². The molecule has 0 spiro atoms. The molecule has 0 N–H and O–H groups in total. The van der Waals surface area contributed by atoms with E-state index < -0.39 is 5.92 Å². The van der Waals surface area contributed by atoms with Crippen LogP contribution in [0.4, 0.5) is 0 Å². The Balaban J connectivity index is 1.97. The quantitative estimate of drug-likeness (QED) is 0.772. The minimum absolute atomic E-state index is 0.0935. The van der Waals surface area contributed by atoms with Gasteiger partial charge in [0.05, 0.1) is 6.61 Å². The lowest BCUT2D eigenvalue weighted by molar-refractivity contribution is -0.137. The Morgan fingerprint density at radius 1 is 1.36 bits per heavy atom. The molecule has 2 bridgehead atoms. The maximum Gasteiger partial charge on any atom is 0.259 e. The highest BCUT2D eigenvalue weighted by atomic mass is 32.1. The van der Waals surface area contributed by atoms with Gasteiger partial charge in [-0.05, 0) is 38.0 Å². The van der Waals surface area contributed by atoms with Gasteiger partial charge < -0.3 is 9.30 Å². The van der Waals surface area contributed by atoms with Crippen LogP contribution < -0.4 is 4.80 Å². The average molecular weight is 365 g/mol. The van der Waals surface area contributed by atoms with Gasteiger partial charge >= 0.3 is 0 Å². The molecule has 0 saturated heterocycles. The van der Waals surface area contributed by atoms with E-state index >= 15 is 0 Å². The van der Waals surface area contributed by atoms with Crippen LogP contribution in [0.1, 0.15) is 44.2 Å². The lowest BCUT2D eigenvalue weighted by Gasteiger charge is -2.32. The van der Waals surface area contributed by atoms with Crippen molar-refractivity contribution in [2.75, 3.05) is 13.7 Å². The SMILES string of the molecule is COCCn1c(C)c(C)sc1=NC(=O)[C@@H]1C(=O)[C@]2(C)CC[C@H]1C2(C)C. The molecule has 2 fully saturated rings. The van der Waals surface area contributed by atoms with E-state index in [1.54, 1.807) is 7.11 Å². The van der Waals surface area contributed by atoms with Crippen molar-refractivity contribution in [3.63, 3.8) is 0 Å². The molecule has 25 heavy (non-hydrogen) atoms. The van der Waals surface area contributed by atoms with E-state index in [1.165, 1.54) is 11.3 Å². The van der Waals surface area contributed by atoms with Crippen molar-refractivity contribution in [1.29, 1.82) is 0 Å². The van der Waals surface area contributed by atoms with Crippen molar-refractivity contribution in [2.24, 2.45) is 27.7 Å². The Morgan fingerprint density at radius 3 is 2.60 bits per heavy atom. The summed E-state index contributed by atoms with van der Waals surface area (Å²) in [5.41, 5.74) is 0.578. The first kappa shape index (κ1) is 18.5. The summed E-state index contributed by atoms with van der Waals surface area (Å²) >= 11 is 1.51. The molecule has 2 aliphatic rings. The molecule has 1 heterocycles. The van der Waals surface area contributed by atoms with Crippen LogP contribution in [-0.4, -0.2) is 30.0 Å². The fourth-order valence-electron chi connectivity index (χ4n) is 4.66. The van der Waals surface area contributed by atoms with Crippen LogP contribution in [0, 0.1) is 36.5 Å². The predicted octanol–water partition coefficient (Wildman–Crippen LogP) is 2.88. The molecule has 5 nitrogen and oxygen atoms in total. The zero-order valence-corrected chi connectivity index (χ0v) is 16.8. The number of fused-ring (bicyclic) bond motifs is 2. The van der Waals surface area contributed by atoms with E-state index in [0.717, 1.165) is 23.4 Å². The monoisotopic (exact) mass is 364 g/mol. The van der Waals surface area contributed by atoms with Gasteiger partial charge in [0.15, 0.2) is 10.6 Å². The average Bonchev–Trinajstić information content (AvgIpc) is 2.99. The summed E-state index contributed by atoms with van der Waals surface area (Å²) in [6.07, 6.45) is 1.83. The summed E-state index contributed by atoms with van der Waals surface area (Å²) < 4.78 is 7.19. The lowest BCUT2D eigenvalue weighted by atomic mass is 9.70. The second-order valence-electron chi connectivity index (χ2n) is 8.16. The summed E-state index contributed by atoms with van der Waals surface area (Å²) in [6.45, 7) is 11.6. The first-order valence-corrected chi connectivity index (χ1v) is 9.75. The number of thiazole rings is 1. The van der Waals surface area contributed by atoms with Gasteiger partial charge in [-0.1, -0.05) is 20.8 Å². The molecule has 1 aromatic rings. The van der Waals surface area contributed by atoms with E-state index in [0.29, 0.717) is 18.0 Å². The molecule has 0 radical (unpaired) electrons. The predicted molar refractivity (Wildman–Crippen MR) is 97.3 cm³/mol. The molecule has 3 rings (SSSR count). The summed E-state index contributed by atoms with van der Waals surface area (Å²) in [4.78, 5) is 32.1. The summed E-state index contributed by atoms with van der Waals surface area (Å²) in [5.74, 6) is -0.641. The Bertz CT molecular complexity index is 789. The molecule has 2 saturated carbocycles. The summed E-state index contributed by atoms with van der Waals surface area (Å²) in [6, 6.07) is 0. The minimum Gasteiger partial charge on any atom is -0.383 e. The summed E-state index contributed by atoms with van der Waals surface area (Å²) in [7, 11) is 1.66. The Hall–Kier alpha value is -1.27. The van der Waals surface area contributed by atoms with Gasteiger partial charge in [0.1, 0.15) is 5.92 Å². The Kier molecular flexibility index (Phi) is 4.57. The standard InChI is InChI=1S/C19H28N2O3S/c1-11-12(2)25-17(21(11)9-10-24-6)20-16(23)14-13-7-8-19(5,15(14)22)18(13,3)4/h13-14H,7-10H2,1-6H3/t13-,14+,19+/m1/s1. The molecule has 0 aliphatic heterocycles. The van der Waals surface area contributed by atoms with Crippen molar-refractivity contribution in [3.05, 3.63) is 15.4 Å². The third kappa shape index (κ3) is 2.56. The normalized spacial score (nSPS) is 31.1. The Labute approximate surface area is 153 Å². The van der Waals surface area contributed by atoms with E-state index in [4.69, 9.17) is 4.74 Å².